The first-order chi connectivity index (χ1) is 27.1. The molecule has 5 aliphatic rings. The number of rotatable bonds is 15. The van der Waals surface area contributed by atoms with Crippen molar-refractivity contribution in [1.29, 1.82) is 0 Å². The van der Waals surface area contributed by atoms with Crippen LogP contribution in [0.3, 0.4) is 0 Å². The molecule has 7 rings (SSSR count). The minimum atomic E-state index is -1.36. The molecule has 3 fully saturated rings. The summed E-state index contributed by atoms with van der Waals surface area (Å²) in [4.78, 5) is 50.2. The van der Waals surface area contributed by atoms with Crippen molar-refractivity contribution in [2.24, 2.45) is 4.99 Å². The van der Waals surface area contributed by atoms with Gasteiger partial charge in [-0.1, -0.05) is 59.2 Å². The lowest BCUT2D eigenvalue weighted by Gasteiger charge is -2.40. The van der Waals surface area contributed by atoms with Crippen LogP contribution in [0.2, 0.25) is 0 Å². The second-order valence-electron chi connectivity index (χ2n) is 15.0. The Balaban J connectivity index is 0.998. The van der Waals surface area contributed by atoms with Gasteiger partial charge in [0.1, 0.15) is 12.4 Å². The van der Waals surface area contributed by atoms with Crippen molar-refractivity contribution in [2.75, 3.05) is 50.7 Å². The van der Waals surface area contributed by atoms with Crippen LogP contribution in [0.1, 0.15) is 84.6 Å². The Morgan fingerprint density at radius 1 is 0.946 bits per heavy atom. The summed E-state index contributed by atoms with van der Waals surface area (Å²) in [6.07, 6.45) is 5.79. The fourth-order valence-corrected chi connectivity index (χ4v) is 10.5. The highest BCUT2D eigenvalue weighted by molar-refractivity contribution is 8.77. The highest BCUT2D eigenvalue weighted by Gasteiger charge is 2.47. The van der Waals surface area contributed by atoms with Crippen LogP contribution in [-0.4, -0.2) is 113 Å². The Kier molecular flexibility index (Phi) is 12.2. The Morgan fingerprint density at radius 3 is 2.36 bits per heavy atom. The zero-order valence-corrected chi connectivity index (χ0v) is 33.6. The van der Waals surface area contributed by atoms with Crippen LogP contribution in [0.5, 0.6) is 17.2 Å². The molecular weight excluding hydrogens is 757 g/mol. The van der Waals surface area contributed by atoms with Gasteiger partial charge in [0, 0.05) is 42.8 Å². The van der Waals surface area contributed by atoms with Crippen molar-refractivity contribution in [1.82, 2.24) is 9.80 Å². The van der Waals surface area contributed by atoms with Crippen LogP contribution >= 0.6 is 21.6 Å². The number of methoxy groups -OCH3 is 1. The number of hydrogen-bond donors (Lipinski definition) is 2. The van der Waals surface area contributed by atoms with Crippen molar-refractivity contribution in [2.45, 2.75) is 88.0 Å². The van der Waals surface area contributed by atoms with Crippen LogP contribution in [0.25, 0.3) is 0 Å². The standard InChI is InChI=1S/C41H50N4O9S2/c1-5-55-56-41(10-9-11-41)24-54-40(50)45-32-19-36(35(51-4)17-30(32)38(48)44-22-26(3)15-33(44)39(45)49)53-13-8-6-7-12-52-34-18-31-29(16-27(34)23-46)37(47)43-21-25(2)14-28(43)20-42-31/h16-20,28,33,39,46,49H,2-3,5-15,21-24H2,1,4H3/t28-,33-,39?/m0/s1. The minimum absolute atomic E-state index is 0.122. The SMILES string of the molecule is C=C1C[C@H]2C=Nc3cc(OCCCCCOc4cc5c(cc4OC)C(=O)N4CC(=C)C[C@H]4C(O)N5C(=O)OCC4(SSCC)CCC4)c(CO)cc3C(=O)N2C1. The predicted octanol–water partition coefficient (Wildman–Crippen LogP) is 6.67. The van der Waals surface area contributed by atoms with Crippen molar-refractivity contribution >= 4 is 57.1 Å². The smallest absolute Gasteiger partial charge is 0.416 e. The number of ether oxygens (including phenoxy) is 4. The summed E-state index contributed by atoms with van der Waals surface area (Å²) >= 11 is 0. The molecule has 15 heteroatoms. The molecule has 2 aromatic carbocycles. The van der Waals surface area contributed by atoms with Gasteiger partial charge in [-0.15, -0.1) is 0 Å². The number of aliphatic hydroxyl groups is 2. The largest absolute Gasteiger partial charge is 0.493 e. The van der Waals surface area contributed by atoms with Crippen LogP contribution < -0.4 is 19.1 Å². The summed E-state index contributed by atoms with van der Waals surface area (Å²) in [7, 11) is 4.99. The number of hydrogen-bond acceptors (Lipinski definition) is 12. The van der Waals surface area contributed by atoms with Crippen molar-refractivity contribution in [3.05, 3.63) is 65.3 Å². The molecule has 2 saturated heterocycles. The number of aliphatic imine (C=N–C) groups is 1. The summed E-state index contributed by atoms with van der Waals surface area (Å²) in [6, 6.07) is 5.74. The summed E-state index contributed by atoms with van der Waals surface area (Å²) in [6.45, 7) is 11.5. The summed E-state index contributed by atoms with van der Waals surface area (Å²) in [5.74, 6) is 1.62. The van der Waals surface area contributed by atoms with E-state index in [1.807, 2.05) is 0 Å². The van der Waals surface area contributed by atoms with Gasteiger partial charge >= 0.3 is 6.09 Å². The number of benzene rings is 2. The lowest BCUT2D eigenvalue weighted by molar-refractivity contribution is 0.0475. The van der Waals surface area contributed by atoms with Gasteiger partial charge in [-0.2, -0.15) is 0 Å². The van der Waals surface area contributed by atoms with Gasteiger partial charge in [0.15, 0.2) is 17.7 Å². The molecule has 1 unspecified atom stereocenters. The molecule has 4 aliphatic heterocycles. The van der Waals surface area contributed by atoms with Crippen LogP contribution in [0, 0.1) is 0 Å². The molecule has 0 spiro atoms. The molecular formula is C41H50N4O9S2. The van der Waals surface area contributed by atoms with E-state index in [1.54, 1.807) is 61.9 Å². The molecule has 1 aliphatic carbocycles. The number of unbranched alkanes of at least 4 members (excludes halogenated alkanes) is 2. The van der Waals surface area contributed by atoms with Crippen molar-refractivity contribution in [3.63, 3.8) is 0 Å². The third-order valence-corrected chi connectivity index (χ3v) is 14.4. The molecule has 1 saturated carbocycles. The zero-order chi connectivity index (χ0) is 39.6. The number of aliphatic hydroxyl groups excluding tert-OH is 2. The summed E-state index contributed by atoms with van der Waals surface area (Å²) in [5.41, 5.74) is 3.67. The average molecular weight is 807 g/mol. The maximum atomic E-state index is 13.9. The lowest BCUT2D eigenvalue weighted by atomic mass is 9.85. The number of nitrogens with zero attached hydrogens (tertiary/aromatic N) is 4. The van der Waals surface area contributed by atoms with Gasteiger partial charge in [-0.05, 0) is 57.1 Å². The zero-order valence-electron chi connectivity index (χ0n) is 32.0. The molecule has 300 valence electrons. The highest BCUT2D eigenvalue weighted by Crippen LogP contribution is 2.50. The van der Waals surface area contributed by atoms with Gasteiger partial charge in [0.05, 0.1) is 66.3 Å². The van der Waals surface area contributed by atoms with E-state index in [0.717, 1.165) is 42.6 Å². The van der Waals surface area contributed by atoms with Crippen LogP contribution in [0.4, 0.5) is 16.2 Å². The van der Waals surface area contributed by atoms with E-state index in [1.165, 1.54) is 12.0 Å². The molecule has 2 aromatic rings. The average Bonchev–Trinajstić information content (AvgIpc) is 3.71. The molecule has 3 atom stereocenters. The molecule has 13 nitrogen and oxygen atoms in total. The predicted molar refractivity (Wildman–Crippen MR) is 218 cm³/mol. The molecule has 0 bridgehead atoms. The molecule has 4 heterocycles. The van der Waals surface area contributed by atoms with E-state index >= 15 is 0 Å². The van der Waals surface area contributed by atoms with E-state index in [-0.39, 0.29) is 53.6 Å². The van der Waals surface area contributed by atoms with E-state index < -0.39 is 18.4 Å². The lowest BCUT2D eigenvalue weighted by Crippen LogP contribution is -2.51. The monoisotopic (exact) mass is 806 g/mol. The third kappa shape index (κ3) is 8.00. The van der Waals surface area contributed by atoms with E-state index in [2.05, 4.69) is 25.1 Å². The van der Waals surface area contributed by atoms with E-state index in [9.17, 15) is 24.6 Å². The van der Waals surface area contributed by atoms with Gasteiger partial charge in [0.2, 0.25) is 0 Å². The normalized spacial score (nSPS) is 22.1. The second-order valence-corrected chi connectivity index (χ2v) is 18.0. The number of fused-ring (bicyclic) bond motifs is 4. The Bertz CT molecular complexity index is 1920. The van der Waals surface area contributed by atoms with Gasteiger partial charge < -0.3 is 39.0 Å². The minimum Gasteiger partial charge on any atom is -0.493 e. The number of carbonyl (C=O) groups is 3. The molecule has 2 N–H and O–H groups in total. The van der Waals surface area contributed by atoms with Gasteiger partial charge in [-0.3, -0.25) is 14.6 Å². The molecule has 0 radical (unpaired) electrons. The first-order valence-corrected chi connectivity index (χ1v) is 21.6. The van der Waals surface area contributed by atoms with Gasteiger partial charge in [-0.25, -0.2) is 9.69 Å². The summed E-state index contributed by atoms with van der Waals surface area (Å²) in [5, 5.41) is 21.8. The van der Waals surface area contributed by atoms with Crippen LogP contribution in [-0.2, 0) is 11.3 Å². The van der Waals surface area contributed by atoms with Crippen molar-refractivity contribution < 1.29 is 43.5 Å². The number of carbonyl (C=O) groups excluding carboxylic acids is 3. The highest BCUT2D eigenvalue weighted by atomic mass is 33.1. The third-order valence-electron chi connectivity index (χ3n) is 11.0. The maximum Gasteiger partial charge on any atom is 0.416 e. The molecule has 3 amide bonds. The maximum absolute atomic E-state index is 13.9. The summed E-state index contributed by atoms with van der Waals surface area (Å²) < 4.78 is 23.7. The topological polar surface area (TPSA) is 151 Å². The first-order valence-electron chi connectivity index (χ1n) is 19.3. The fraction of sp³-hybridized carbons (Fsp3) is 0.512. The second kappa shape index (κ2) is 17.1. The first kappa shape index (κ1) is 40.0. The quantitative estimate of drug-likeness (QED) is 0.113. The van der Waals surface area contributed by atoms with Crippen molar-refractivity contribution in [3.8, 4) is 17.2 Å². The fourth-order valence-electron chi connectivity index (χ4n) is 7.86. The molecule has 0 aromatic heterocycles. The Morgan fingerprint density at radius 2 is 1.66 bits per heavy atom. The Labute approximate surface area is 335 Å². The molecule has 56 heavy (non-hydrogen) atoms. The van der Waals surface area contributed by atoms with Gasteiger partial charge in [0.25, 0.3) is 11.8 Å². The van der Waals surface area contributed by atoms with E-state index in [0.29, 0.717) is 79.5 Å². The Hall–Kier alpha value is -4.18. The van der Waals surface area contributed by atoms with Crippen LogP contribution in [0.15, 0.2) is 53.6 Å². The number of anilines is 1. The van der Waals surface area contributed by atoms with E-state index in [4.69, 9.17) is 18.9 Å². The number of amides is 3.